The Morgan fingerprint density at radius 3 is 2.85 bits per heavy atom. The number of fused-ring (bicyclic) bond motifs is 1. The van der Waals surface area contributed by atoms with Crippen molar-refractivity contribution < 1.29 is 9.59 Å². The molecule has 2 rings (SSSR count). The van der Waals surface area contributed by atoms with E-state index in [9.17, 15) is 9.59 Å². The van der Waals surface area contributed by atoms with Crippen LogP contribution in [0.25, 0.3) is 0 Å². The van der Waals surface area contributed by atoms with Gasteiger partial charge in [-0.25, -0.2) is 0 Å². The highest BCUT2D eigenvalue weighted by Gasteiger charge is 2.25. The highest BCUT2D eigenvalue weighted by atomic mass is 32.1. The van der Waals surface area contributed by atoms with E-state index in [1.165, 1.54) is 16.2 Å². The molecule has 0 spiro atoms. The lowest BCUT2D eigenvalue weighted by molar-refractivity contribution is -0.115. The Labute approximate surface area is 122 Å². The molecule has 0 fully saturated rings. The van der Waals surface area contributed by atoms with E-state index in [0.29, 0.717) is 10.6 Å². The molecule has 1 aromatic rings. The lowest BCUT2D eigenvalue weighted by atomic mass is 10.1. The Morgan fingerprint density at radius 1 is 1.35 bits per heavy atom. The number of amides is 2. The van der Waals surface area contributed by atoms with Crippen LogP contribution in [0.2, 0.25) is 0 Å². The predicted octanol–water partition coefficient (Wildman–Crippen LogP) is 1.66. The maximum atomic E-state index is 11.9. The number of rotatable bonds is 7. The molecule has 1 aromatic heterocycles. The molecule has 6 heteroatoms. The summed E-state index contributed by atoms with van der Waals surface area (Å²) in [5.74, 6) is -0.567. The Kier molecular flexibility index (Phi) is 5.14. The average molecular weight is 295 g/mol. The summed E-state index contributed by atoms with van der Waals surface area (Å²) < 4.78 is 0. The van der Waals surface area contributed by atoms with E-state index in [1.807, 2.05) is 0 Å². The van der Waals surface area contributed by atoms with Gasteiger partial charge in [-0.2, -0.15) is 0 Å². The smallest absolute Gasteiger partial charge is 0.251 e. The SMILES string of the molecule is CCCCNCC(=O)Nc1sc2c(c1C(N)=O)CCC2. The number of primary amides is 1. The van der Waals surface area contributed by atoms with Gasteiger partial charge in [-0.05, 0) is 37.8 Å². The van der Waals surface area contributed by atoms with Gasteiger partial charge in [0.05, 0.1) is 12.1 Å². The minimum Gasteiger partial charge on any atom is -0.365 e. The number of aryl methyl sites for hydroxylation is 1. The van der Waals surface area contributed by atoms with Crippen LogP contribution in [0.5, 0.6) is 0 Å². The van der Waals surface area contributed by atoms with Crippen LogP contribution >= 0.6 is 11.3 Å². The zero-order chi connectivity index (χ0) is 14.5. The number of unbranched alkanes of at least 4 members (excludes halogenated alkanes) is 1. The molecule has 0 saturated heterocycles. The summed E-state index contributed by atoms with van der Waals surface area (Å²) in [4.78, 5) is 24.6. The fourth-order valence-electron chi connectivity index (χ4n) is 2.43. The van der Waals surface area contributed by atoms with Crippen molar-refractivity contribution in [2.75, 3.05) is 18.4 Å². The Morgan fingerprint density at radius 2 is 2.15 bits per heavy atom. The first-order valence-electron chi connectivity index (χ1n) is 7.08. The van der Waals surface area contributed by atoms with Crippen molar-refractivity contribution in [3.05, 3.63) is 16.0 Å². The van der Waals surface area contributed by atoms with Crippen LogP contribution in [0.1, 0.15) is 47.0 Å². The van der Waals surface area contributed by atoms with E-state index in [1.54, 1.807) is 0 Å². The number of nitrogens with one attached hydrogen (secondary N) is 2. The summed E-state index contributed by atoms with van der Waals surface area (Å²) in [6, 6.07) is 0. The molecule has 20 heavy (non-hydrogen) atoms. The highest BCUT2D eigenvalue weighted by Crippen LogP contribution is 2.38. The normalized spacial score (nSPS) is 13.2. The van der Waals surface area contributed by atoms with E-state index in [0.717, 1.165) is 44.2 Å². The Hall–Kier alpha value is -1.40. The summed E-state index contributed by atoms with van der Waals surface area (Å²) >= 11 is 1.49. The van der Waals surface area contributed by atoms with Crippen molar-refractivity contribution in [3.8, 4) is 0 Å². The highest BCUT2D eigenvalue weighted by molar-refractivity contribution is 7.17. The van der Waals surface area contributed by atoms with Gasteiger partial charge in [-0.15, -0.1) is 11.3 Å². The largest absolute Gasteiger partial charge is 0.365 e. The number of hydrogen-bond donors (Lipinski definition) is 3. The molecule has 0 radical (unpaired) electrons. The molecular weight excluding hydrogens is 274 g/mol. The quantitative estimate of drug-likeness (QED) is 0.669. The standard InChI is InChI=1S/C14H21N3O2S/c1-2-3-7-16-8-11(18)17-14-12(13(15)19)9-5-4-6-10(9)20-14/h16H,2-8H2,1H3,(H2,15,19)(H,17,18). The molecule has 1 aliphatic rings. The maximum absolute atomic E-state index is 11.9. The van der Waals surface area contributed by atoms with Crippen molar-refractivity contribution in [1.82, 2.24) is 5.32 Å². The van der Waals surface area contributed by atoms with Gasteiger partial charge in [0.2, 0.25) is 5.91 Å². The molecule has 0 aliphatic heterocycles. The lowest BCUT2D eigenvalue weighted by Crippen LogP contribution is -2.29. The third-order valence-corrected chi connectivity index (χ3v) is 4.62. The zero-order valence-corrected chi connectivity index (χ0v) is 12.6. The molecule has 1 heterocycles. The first kappa shape index (κ1) is 15.0. The Bertz CT molecular complexity index is 511. The van der Waals surface area contributed by atoms with Crippen LogP contribution in [-0.4, -0.2) is 24.9 Å². The molecule has 1 aliphatic carbocycles. The summed E-state index contributed by atoms with van der Waals surface area (Å²) in [6.07, 6.45) is 5.07. The van der Waals surface area contributed by atoms with Crippen LogP contribution in [-0.2, 0) is 17.6 Å². The van der Waals surface area contributed by atoms with Crippen LogP contribution < -0.4 is 16.4 Å². The van der Waals surface area contributed by atoms with Gasteiger partial charge in [-0.1, -0.05) is 13.3 Å². The van der Waals surface area contributed by atoms with Crippen molar-refractivity contribution in [3.63, 3.8) is 0 Å². The number of thiophene rings is 1. The van der Waals surface area contributed by atoms with Crippen LogP contribution in [0.15, 0.2) is 0 Å². The van der Waals surface area contributed by atoms with Crippen LogP contribution in [0.3, 0.4) is 0 Å². The summed E-state index contributed by atoms with van der Waals surface area (Å²) in [7, 11) is 0. The van der Waals surface area contributed by atoms with Gasteiger partial charge in [0.25, 0.3) is 5.91 Å². The fraction of sp³-hybridized carbons (Fsp3) is 0.571. The molecule has 0 unspecified atom stereocenters. The molecule has 0 aromatic carbocycles. The second kappa shape index (κ2) is 6.85. The number of carbonyl (C=O) groups excluding carboxylic acids is 2. The Balaban J connectivity index is 1.99. The van der Waals surface area contributed by atoms with Gasteiger partial charge in [-0.3, -0.25) is 9.59 Å². The van der Waals surface area contributed by atoms with Crippen molar-refractivity contribution in [2.45, 2.75) is 39.0 Å². The van der Waals surface area contributed by atoms with Gasteiger partial charge in [0.1, 0.15) is 5.00 Å². The van der Waals surface area contributed by atoms with Crippen molar-refractivity contribution >= 4 is 28.2 Å². The fourth-order valence-corrected chi connectivity index (χ4v) is 3.74. The van der Waals surface area contributed by atoms with Gasteiger partial charge in [0, 0.05) is 4.88 Å². The van der Waals surface area contributed by atoms with Gasteiger partial charge in [0.15, 0.2) is 0 Å². The lowest BCUT2D eigenvalue weighted by Gasteiger charge is -2.07. The third-order valence-electron chi connectivity index (χ3n) is 3.41. The molecule has 5 nitrogen and oxygen atoms in total. The summed E-state index contributed by atoms with van der Waals surface area (Å²) in [5, 5.41) is 6.51. The number of anilines is 1. The molecule has 2 amide bonds. The van der Waals surface area contributed by atoms with Crippen LogP contribution in [0, 0.1) is 0 Å². The van der Waals surface area contributed by atoms with E-state index in [2.05, 4.69) is 17.6 Å². The van der Waals surface area contributed by atoms with Gasteiger partial charge < -0.3 is 16.4 Å². The number of carbonyl (C=O) groups is 2. The third kappa shape index (κ3) is 3.37. The van der Waals surface area contributed by atoms with E-state index >= 15 is 0 Å². The number of nitrogens with two attached hydrogens (primary N) is 1. The molecule has 0 bridgehead atoms. The molecular formula is C14H21N3O2S. The summed E-state index contributed by atoms with van der Waals surface area (Å²) in [5.41, 5.74) is 7.00. The molecule has 0 saturated carbocycles. The van der Waals surface area contributed by atoms with Crippen molar-refractivity contribution in [2.24, 2.45) is 5.73 Å². The molecule has 110 valence electrons. The van der Waals surface area contributed by atoms with Crippen LogP contribution in [0.4, 0.5) is 5.00 Å². The average Bonchev–Trinajstić information content (AvgIpc) is 2.94. The summed E-state index contributed by atoms with van der Waals surface area (Å²) in [6.45, 7) is 3.20. The second-order valence-electron chi connectivity index (χ2n) is 5.00. The van der Waals surface area contributed by atoms with Crippen molar-refractivity contribution in [1.29, 1.82) is 0 Å². The van der Waals surface area contributed by atoms with E-state index in [4.69, 9.17) is 5.73 Å². The topological polar surface area (TPSA) is 84.2 Å². The van der Waals surface area contributed by atoms with E-state index in [-0.39, 0.29) is 12.5 Å². The predicted molar refractivity (Wildman–Crippen MR) is 81.3 cm³/mol. The minimum atomic E-state index is -0.446. The number of hydrogen-bond acceptors (Lipinski definition) is 4. The first-order chi connectivity index (χ1) is 9.63. The zero-order valence-electron chi connectivity index (χ0n) is 11.8. The minimum absolute atomic E-state index is 0.122. The monoisotopic (exact) mass is 295 g/mol. The maximum Gasteiger partial charge on any atom is 0.251 e. The second-order valence-corrected chi connectivity index (χ2v) is 6.11. The van der Waals surface area contributed by atoms with Gasteiger partial charge >= 0.3 is 0 Å². The first-order valence-corrected chi connectivity index (χ1v) is 7.90. The molecule has 0 atom stereocenters. The van der Waals surface area contributed by atoms with E-state index < -0.39 is 5.91 Å². The molecule has 4 N–H and O–H groups in total.